The maximum absolute atomic E-state index is 13.2. The van der Waals surface area contributed by atoms with Crippen LogP contribution >= 0.6 is 0 Å². The van der Waals surface area contributed by atoms with E-state index in [0.717, 1.165) is 17.9 Å². The fourth-order valence-corrected chi connectivity index (χ4v) is 5.56. The summed E-state index contributed by atoms with van der Waals surface area (Å²) in [6, 6.07) is 5.01. The SMILES string of the molecule is Cc1cnc(C2CC2)n1C1CCN(S(=O)(=O)c2ccc3c(c2)OCCO3)C1. The van der Waals surface area contributed by atoms with Gasteiger partial charge in [-0.3, -0.25) is 0 Å². The molecule has 1 aromatic heterocycles. The zero-order valence-corrected chi connectivity index (χ0v) is 16.1. The van der Waals surface area contributed by atoms with Crippen LogP contribution in [0.1, 0.15) is 42.7 Å². The van der Waals surface area contributed by atoms with Crippen LogP contribution in [0, 0.1) is 6.92 Å². The lowest BCUT2D eigenvalue weighted by Crippen LogP contribution is -2.30. The van der Waals surface area contributed by atoms with E-state index in [1.807, 2.05) is 6.20 Å². The van der Waals surface area contributed by atoms with E-state index in [2.05, 4.69) is 16.5 Å². The van der Waals surface area contributed by atoms with E-state index in [1.165, 1.54) is 12.8 Å². The van der Waals surface area contributed by atoms with Crippen LogP contribution in [0.3, 0.4) is 0 Å². The Morgan fingerprint density at radius 3 is 2.67 bits per heavy atom. The normalized spacial score (nSPS) is 22.9. The number of imidazole rings is 1. The summed E-state index contributed by atoms with van der Waals surface area (Å²) >= 11 is 0. The molecule has 1 atom stereocenters. The van der Waals surface area contributed by atoms with Gasteiger partial charge in [-0.1, -0.05) is 0 Å². The molecule has 0 N–H and O–H groups in total. The van der Waals surface area contributed by atoms with Crippen LogP contribution in [0.15, 0.2) is 29.3 Å². The molecule has 7 nitrogen and oxygen atoms in total. The van der Waals surface area contributed by atoms with Crippen molar-refractivity contribution < 1.29 is 17.9 Å². The largest absolute Gasteiger partial charge is 0.486 e. The molecule has 0 radical (unpaired) electrons. The quantitative estimate of drug-likeness (QED) is 0.803. The molecule has 3 heterocycles. The first-order chi connectivity index (χ1) is 13.0. The molecular weight excluding hydrogens is 366 g/mol. The highest BCUT2D eigenvalue weighted by atomic mass is 32.2. The van der Waals surface area contributed by atoms with Gasteiger partial charge in [0.1, 0.15) is 19.0 Å². The van der Waals surface area contributed by atoms with E-state index < -0.39 is 10.0 Å². The van der Waals surface area contributed by atoms with Crippen molar-refractivity contribution in [3.05, 3.63) is 35.9 Å². The average molecular weight is 389 g/mol. The number of sulfonamides is 1. The Labute approximate surface area is 159 Å². The second-order valence-electron chi connectivity index (χ2n) is 7.51. The fourth-order valence-electron chi connectivity index (χ4n) is 4.06. The van der Waals surface area contributed by atoms with Crippen LogP contribution in [0.25, 0.3) is 0 Å². The third-order valence-electron chi connectivity index (χ3n) is 5.60. The van der Waals surface area contributed by atoms with Gasteiger partial charge in [0, 0.05) is 37.0 Å². The molecule has 1 aliphatic carbocycles. The standard InChI is InChI=1S/C19H23N3O4S/c1-13-11-20-19(14-2-3-14)22(13)15-6-7-21(12-15)27(23,24)16-4-5-17-18(10-16)26-9-8-25-17/h4-5,10-11,14-15H,2-3,6-9,12H2,1H3. The van der Waals surface area contributed by atoms with Crippen molar-refractivity contribution in [1.82, 2.24) is 13.9 Å². The Morgan fingerprint density at radius 1 is 1.11 bits per heavy atom. The zero-order valence-electron chi connectivity index (χ0n) is 15.3. The van der Waals surface area contributed by atoms with Gasteiger partial charge in [-0.15, -0.1) is 0 Å². The van der Waals surface area contributed by atoms with E-state index in [9.17, 15) is 8.42 Å². The van der Waals surface area contributed by atoms with Crippen LogP contribution in [0.2, 0.25) is 0 Å². The number of ether oxygens (including phenoxy) is 2. The Hall–Kier alpha value is -2.06. The summed E-state index contributed by atoms with van der Waals surface area (Å²) < 4.78 is 41.2. The van der Waals surface area contributed by atoms with E-state index in [1.54, 1.807) is 22.5 Å². The summed E-state index contributed by atoms with van der Waals surface area (Å²) in [5.74, 6) is 2.76. The topological polar surface area (TPSA) is 73.7 Å². The molecular formula is C19H23N3O4S. The third-order valence-corrected chi connectivity index (χ3v) is 7.46. The van der Waals surface area contributed by atoms with Gasteiger partial charge in [-0.05, 0) is 38.3 Å². The molecule has 8 heteroatoms. The van der Waals surface area contributed by atoms with Crippen molar-refractivity contribution in [3.8, 4) is 11.5 Å². The number of rotatable bonds is 4. The van der Waals surface area contributed by atoms with Crippen molar-refractivity contribution in [2.24, 2.45) is 0 Å². The molecule has 0 spiro atoms. The molecule has 1 saturated carbocycles. The number of fused-ring (bicyclic) bond motifs is 1. The fraction of sp³-hybridized carbons (Fsp3) is 0.526. The summed E-state index contributed by atoms with van der Waals surface area (Å²) in [5, 5.41) is 0. The van der Waals surface area contributed by atoms with Crippen LogP contribution in [-0.4, -0.2) is 48.6 Å². The lowest BCUT2D eigenvalue weighted by molar-refractivity contribution is 0.171. The van der Waals surface area contributed by atoms with Gasteiger partial charge in [0.05, 0.1) is 10.9 Å². The number of benzene rings is 1. The first-order valence-corrected chi connectivity index (χ1v) is 10.9. The van der Waals surface area contributed by atoms with Gasteiger partial charge in [0.25, 0.3) is 0 Å². The van der Waals surface area contributed by atoms with Crippen LogP contribution in [0.5, 0.6) is 11.5 Å². The van der Waals surface area contributed by atoms with Crippen LogP contribution in [-0.2, 0) is 10.0 Å². The van der Waals surface area contributed by atoms with Crippen molar-refractivity contribution in [1.29, 1.82) is 0 Å². The molecule has 27 heavy (non-hydrogen) atoms. The summed E-state index contributed by atoms with van der Waals surface area (Å²) in [4.78, 5) is 4.84. The van der Waals surface area contributed by atoms with Gasteiger partial charge in [-0.25, -0.2) is 13.4 Å². The summed E-state index contributed by atoms with van der Waals surface area (Å²) in [6.07, 6.45) is 5.08. The maximum atomic E-state index is 13.2. The molecule has 0 bridgehead atoms. The highest BCUT2D eigenvalue weighted by Crippen LogP contribution is 2.42. The van der Waals surface area contributed by atoms with Crippen molar-refractivity contribution >= 4 is 10.0 Å². The molecule has 1 saturated heterocycles. The summed E-state index contributed by atoms with van der Waals surface area (Å²) in [5.41, 5.74) is 1.11. The highest BCUT2D eigenvalue weighted by Gasteiger charge is 2.37. The minimum Gasteiger partial charge on any atom is -0.486 e. The maximum Gasteiger partial charge on any atom is 0.243 e. The smallest absolute Gasteiger partial charge is 0.243 e. The van der Waals surface area contributed by atoms with Gasteiger partial charge < -0.3 is 14.0 Å². The van der Waals surface area contributed by atoms with Crippen molar-refractivity contribution in [2.75, 3.05) is 26.3 Å². The first-order valence-electron chi connectivity index (χ1n) is 9.47. The second-order valence-corrected chi connectivity index (χ2v) is 9.45. The first kappa shape index (κ1) is 17.1. The number of aryl methyl sites for hydroxylation is 1. The Balaban J connectivity index is 1.40. The predicted molar refractivity (Wildman–Crippen MR) is 98.8 cm³/mol. The molecule has 2 fully saturated rings. The molecule has 1 aromatic carbocycles. The van der Waals surface area contributed by atoms with Gasteiger partial charge in [0.15, 0.2) is 11.5 Å². The van der Waals surface area contributed by atoms with Crippen molar-refractivity contribution in [3.63, 3.8) is 0 Å². The molecule has 144 valence electrons. The molecule has 2 aliphatic heterocycles. The number of hydrogen-bond acceptors (Lipinski definition) is 5. The molecule has 3 aliphatic rings. The van der Waals surface area contributed by atoms with Crippen LogP contribution in [0.4, 0.5) is 0 Å². The Bertz CT molecular complexity index is 981. The molecule has 2 aromatic rings. The van der Waals surface area contributed by atoms with Crippen molar-refractivity contribution in [2.45, 2.75) is 43.0 Å². The number of nitrogens with zero attached hydrogens (tertiary/aromatic N) is 3. The number of aromatic nitrogens is 2. The van der Waals surface area contributed by atoms with E-state index in [4.69, 9.17) is 9.47 Å². The predicted octanol–water partition coefficient (Wildman–Crippen LogP) is 2.48. The van der Waals surface area contributed by atoms with E-state index in [-0.39, 0.29) is 10.9 Å². The molecule has 5 rings (SSSR count). The summed E-state index contributed by atoms with van der Waals surface area (Å²) in [6.45, 7) is 3.97. The number of hydrogen-bond donors (Lipinski definition) is 0. The Kier molecular flexibility index (Phi) is 3.94. The third kappa shape index (κ3) is 2.91. The minimum atomic E-state index is -3.56. The average Bonchev–Trinajstić information content (AvgIpc) is 3.27. The zero-order chi connectivity index (χ0) is 18.6. The second kappa shape index (κ2) is 6.24. The lowest BCUT2D eigenvalue weighted by Gasteiger charge is -2.21. The highest BCUT2D eigenvalue weighted by molar-refractivity contribution is 7.89. The van der Waals surface area contributed by atoms with E-state index in [0.29, 0.717) is 43.7 Å². The molecule has 0 amide bonds. The van der Waals surface area contributed by atoms with Gasteiger partial charge in [-0.2, -0.15) is 4.31 Å². The molecule has 1 unspecified atom stereocenters. The monoisotopic (exact) mass is 389 g/mol. The summed E-state index contributed by atoms with van der Waals surface area (Å²) in [7, 11) is -3.56. The van der Waals surface area contributed by atoms with Crippen LogP contribution < -0.4 is 9.47 Å². The Morgan fingerprint density at radius 2 is 1.89 bits per heavy atom. The van der Waals surface area contributed by atoms with Gasteiger partial charge >= 0.3 is 0 Å². The lowest BCUT2D eigenvalue weighted by atomic mass is 10.2. The van der Waals surface area contributed by atoms with Gasteiger partial charge in [0.2, 0.25) is 10.0 Å². The minimum absolute atomic E-state index is 0.148. The van der Waals surface area contributed by atoms with E-state index >= 15 is 0 Å².